The van der Waals surface area contributed by atoms with Gasteiger partial charge in [0, 0.05) is 24.2 Å². The highest BCUT2D eigenvalue weighted by molar-refractivity contribution is 7.17. The van der Waals surface area contributed by atoms with Crippen LogP contribution in [0.15, 0.2) is 35.7 Å². The summed E-state index contributed by atoms with van der Waals surface area (Å²) in [5.41, 5.74) is 2.79. The molecular weight excluding hydrogens is 392 g/mol. The molecule has 3 heterocycles. The molecule has 8 heteroatoms. The van der Waals surface area contributed by atoms with Crippen molar-refractivity contribution in [3.05, 3.63) is 46.4 Å². The van der Waals surface area contributed by atoms with E-state index in [0.717, 1.165) is 41.5 Å². The van der Waals surface area contributed by atoms with Crippen molar-refractivity contribution in [2.75, 3.05) is 23.3 Å². The first-order chi connectivity index (χ1) is 13.5. The molecule has 28 heavy (non-hydrogen) atoms. The molecule has 2 atom stereocenters. The van der Waals surface area contributed by atoms with E-state index in [2.05, 4.69) is 32.3 Å². The summed E-state index contributed by atoms with van der Waals surface area (Å²) < 4.78 is 0. The molecule has 6 nitrogen and oxygen atoms in total. The maximum Gasteiger partial charge on any atom is 0.231 e. The molecule has 1 amide bonds. The van der Waals surface area contributed by atoms with Gasteiger partial charge in [0.15, 0.2) is 5.13 Å². The Morgan fingerprint density at radius 3 is 2.82 bits per heavy atom. The number of nitrogens with one attached hydrogen (secondary N) is 1. The van der Waals surface area contributed by atoms with Gasteiger partial charge in [-0.25, -0.2) is 9.97 Å². The second kappa shape index (κ2) is 7.98. The predicted molar refractivity (Wildman–Crippen MR) is 114 cm³/mol. The number of thiazole rings is 2. The molecule has 0 saturated carbocycles. The predicted octanol–water partition coefficient (Wildman–Crippen LogP) is 4.09. The zero-order valence-electron chi connectivity index (χ0n) is 15.8. The smallest absolute Gasteiger partial charge is 0.231 e. The molecule has 1 saturated heterocycles. The van der Waals surface area contributed by atoms with E-state index in [1.54, 1.807) is 6.92 Å². The monoisotopic (exact) mass is 414 g/mol. The minimum atomic E-state index is -0.592. The summed E-state index contributed by atoms with van der Waals surface area (Å²) in [6.45, 7) is 5.22. The second-order valence-corrected chi connectivity index (χ2v) is 8.83. The minimum Gasteiger partial charge on any atom is -0.386 e. The Bertz CT molecular complexity index is 968. The molecule has 4 rings (SSSR count). The van der Waals surface area contributed by atoms with Gasteiger partial charge in [0.05, 0.1) is 22.2 Å². The maximum atomic E-state index is 12.7. The van der Waals surface area contributed by atoms with Crippen molar-refractivity contribution in [1.29, 1.82) is 0 Å². The number of para-hydroxylation sites is 1. The van der Waals surface area contributed by atoms with Crippen molar-refractivity contribution in [3.63, 3.8) is 0 Å². The van der Waals surface area contributed by atoms with Crippen molar-refractivity contribution in [2.45, 2.75) is 26.4 Å². The van der Waals surface area contributed by atoms with E-state index in [4.69, 9.17) is 0 Å². The Balaban J connectivity index is 1.41. The molecule has 0 bridgehead atoms. The molecule has 2 aromatic heterocycles. The van der Waals surface area contributed by atoms with Crippen LogP contribution in [0, 0.1) is 12.8 Å². The molecule has 0 aliphatic carbocycles. The first kappa shape index (κ1) is 19.0. The van der Waals surface area contributed by atoms with Gasteiger partial charge in [0.1, 0.15) is 11.1 Å². The first-order valence-electron chi connectivity index (χ1n) is 9.23. The number of aliphatic hydroxyl groups excluding tert-OH is 1. The molecule has 1 aliphatic rings. The molecule has 3 aromatic rings. The number of rotatable bonds is 5. The van der Waals surface area contributed by atoms with Gasteiger partial charge in [0.2, 0.25) is 5.91 Å². The summed E-state index contributed by atoms with van der Waals surface area (Å²) in [5.74, 6) is -0.0236. The van der Waals surface area contributed by atoms with Crippen LogP contribution < -0.4 is 10.2 Å². The van der Waals surface area contributed by atoms with Gasteiger partial charge in [0.25, 0.3) is 0 Å². The van der Waals surface area contributed by atoms with Crippen molar-refractivity contribution in [3.8, 4) is 10.6 Å². The van der Waals surface area contributed by atoms with Gasteiger partial charge in [-0.2, -0.15) is 0 Å². The molecule has 2 N–H and O–H groups in total. The lowest BCUT2D eigenvalue weighted by atomic mass is 10.1. The number of hydrogen-bond donors (Lipinski definition) is 2. The fourth-order valence-electron chi connectivity index (χ4n) is 3.32. The lowest BCUT2D eigenvalue weighted by Crippen LogP contribution is -2.26. The van der Waals surface area contributed by atoms with Crippen molar-refractivity contribution in [1.82, 2.24) is 9.97 Å². The third-order valence-electron chi connectivity index (χ3n) is 4.82. The number of hydrogen-bond acceptors (Lipinski definition) is 7. The molecule has 0 radical (unpaired) electrons. The van der Waals surface area contributed by atoms with Gasteiger partial charge >= 0.3 is 0 Å². The first-order valence-corrected chi connectivity index (χ1v) is 10.9. The van der Waals surface area contributed by atoms with Crippen LogP contribution >= 0.6 is 22.7 Å². The quantitative estimate of drug-likeness (QED) is 0.657. The summed E-state index contributed by atoms with van der Waals surface area (Å²) in [6.07, 6.45) is 0.246. The highest BCUT2D eigenvalue weighted by Crippen LogP contribution is 2.34. The Hall–Kier alpha value is -2.29. The molecule has 1 aliphatic heterocycles. The Morgan fingerprint density at radius 1 is 1.32 bits per heavy atom. The van der Waals surface area contributed by atoms with Crippen LogP contribution in [-0.4, -0.2) is 34.1 Å². The summed E-state index contributed by atoms with van der Waals surface area (Å²) in [6, 6.07) is 10.2. The zero-order chi connectivity index (χ0) is 19.7. The topological polar surface area (TPSA) is 78.4 Å². The SMILES string of the molecule is Cc1nc(C(C)O)sc1-c1csc(NC(=O)C2CCN(c3ccccc3)C2)n1. The van der Waals surface area contributed by atoms with Crippen LogP contribution in [-0.2, 0) is 4.79 Å². The summed E-state index contributed by atoms with van der Waals surface area (Å²) in [7, 11) is 0. The van der Waals surface area contributed by atoms with Crippen LogP contribution in [0.25, 0.3) is 10.6 Å². The van der Waals surface area contributed by atoms with E-state index in [1.165, 1.54) is 22.7 Å². The van der Waals surface area contributed by atoms with E-state index in [9.17, 15) is 9.90 Å². The average molecular weight is 415 g/mol. The molecule has 1 fully saturated rings. The molecule has 1 aromatic carbocycles. The lowest BCUT2D eigenvalue weighted by molar-refractivity contribution is -0.119. The van der Waals surface area contributed by atoms with Crippen molar-refractivity contribution < 1.29 is 9.90 Å². The summed E-state index contributed by atoms with van der Waals surface area (Å²) >= 11 is 2.85. The highest BCUT2D eigenvalue weighted by Gasteiger charge is 2.29. The molecule has 146 valence electrons. The number of benzene rings is 1. The van der Waals surface area contributed by atoms with E-state index in [1.807, 2.05) is 30.5 Å². The van der Waals surface area contributed by atoms with Crippen LogP contribution in [0.4, 0.5) is 10.8 Å². The van der Waals surface area contributed by atoms with Crippen LogP contribution in [0.1, 0.15) is 30.2 Å². The van der Waals surface area contributed by atoms with Crippen LogP contribution in [0.2, 0.25) is 0 Å². The van der Waals surface area contributed by atoms with Gasteiger partial charge in [-0.1, -0.05) is 18.2 Å². The van der Waals surface area contributed by atoms with Gasteiger partial charge in [-0.3, -0.25) is 4.79 Å². The largest absolute Gasteiger partial charge is 0.386 e. The normalized spacial score (nSPS) is 17.7. The standard InChI is InChI=1S/C20H22N4O2S2/c1-12-17(28-19(21-12)13(2)25)16-11-27-20(22-16)23-18(26)14-8-9-24(10-14)15-6-4-3-5-7-15/h3-7,11,13-14,25H,8-10H2,1-2H3,(H,22,23,26). The number of aryl methyl sites for hydroxylation is 1. The Morgan fingerprint density at radius 2 is 2.11 bits per heavy atom. The van der Waals surface area contributed by atoms with Crippen molar-refractivity contribution >= 4 is 39.4 Å². The third kappa shape index (κ3) is 3.94. The van der Waals surface area contributed by atoms with E-state index in [-0.39, 0.29) is 11.8 Å². The van der Waals surface area contributed by atoms with Gasteiger partial charge in [-0.05, 0) is 32.4 Å². The van der Waals surface area contributed by atoms with E-state index in [0.29, 0.717) is 10.1 Å². The number of aromatic nitrogens is 2. The fraction of sp³-hybridized carbons (Fsp3) is 0.350. The third-order valence-corrected chi connectivity index (χ3v) is 6.93. The second-order valence-electron chi connectivity index (χ2n) is 6.94. The number of amides is 1. The Labute approximate surface area is 171 Å². The van der Waals surface area contributed by atoms with E-state index < -0.39 is 6.10 Å². The maximum absolute atomic E-state index is 12.7. The molecule has 0 spiro atoms. The number of aliphatic hydroxyl groups is 1. The van der Waals surface area contributed by atoms with Gasteiger partial charge in [-0.15, -0.1) is 22.7 Å². The average Bonchev–Trinajstić information content (AvgIpc) is 3.41. The number of carbonyl (C=O) groups excluding carboxylic acids is 1. The van der Waals surface area contributed by atoms with Gasteiger partial charge < -0.3 is 15.3 Å². The molecule has 2 unspecified atom stereocenters. The fourth-order valence-corrected chi connectivity index (χ4v) is 5.07. The number of carbonyl (C=O) groups is 1. The molecular formula is C20H22N4O2S2. The van der Waals surface area contributed by atoms with Crippen LogP contribution in [0.5, 0.6) is 0 Å². The Kier molecular flexibility index (Phi) is 5.43. The van der Waals surface area contributed by atoms with E-state index >= 15 is 0 Å². The lowest BCUT2D eigenvalue weighted by Gasteiger charge is -2.18. The van der Waals surface area contributed by atoms with Crippen molar-refractivity contribution in [2.24, 2.45) is 5.92 Å². The summed E-state index contributed by atoms with van der Waals surface area (Å²) in [4.78, 5) is 24.8. The zero-order valence-corrected chi connectivity index (χ0v) is 17.4. The summed E-state index contributed by atoms with van der Waals surface area (Å²) in [5, 5.41) is 15.9. The number of nitrogens with zero attached hydrogens (tertiary/aromatic N) is 3. The minimum absolute atomic E-state index is 0.0185. The number of anilines is 2. The highest BCUT2D eigenvalue weighted by atomic mass is 32.1. The van der Waals surface area contributed by atoms with Crippen LogP contribution in [0.3, 0.4) is 0 Å².